The van der Waals surface area contributed by atoms with E-state index < -0.39 is 10.0 Å². The van der Waals surface area contributed by atoms with Gasteiger partial charge in [-0.15, -0.1) is 0 Å². The average molecular weight is 264 g/mol. The highest BCUT2D eigenvalue weighted by molar-refractivity contribution is 7.89. The summed E-state index contributed by atoms with van der Waals surface area (Å²) in [5.41, 5.74) is 0. The van der Waals surface area contributed by atoms with Gasteiger partial charge in [0.15, 0.2) is 0 Å². The average Bonchev–Trinajstić information content (AvgIpc) is 2.14. The van der Waals surface area contributed by atoms with Gasteiger partial charge < -0.3 is 5.32 Å². The van der Waals surface area contributed by atoms with Crippen LogP contribution in [0.4, 0.5) is 0 Å². The maximum Gasteiger partial charge on any atom is 0.211 e. The Labute approximate surface area is 107 Å². The zero-order chi connectivity index (χ0) is 13.3. The van der Waals surface area contributed by atoms with Crippen molar-refractivity contribution in [2.75, 3.05) is 18.8 Å². The van der Waals surface area contributed by atoms with Gasteiger partial charge in [-0.25, -0.2) is 13.1 Å². The van der Waals surface area contributed by atoms with Crippen LogP contribution in [0.15, 0.2) is 0 Å². The normalized spacial score (nSPS) is 14.2. The molecule has 0 aliphatic carbocycles. The van der Waals surface area contributed by atoms with Crippen molar-refractivity contribution < 1.29 is 8.42 Å². The minimum atomic E-state index is -3.09. The Bertz CT molecular complexity index is 276. The standard InChI is InChI=1S/C12H28N2O2S/c1-5-13-8-6-7-9-17(15,16)14-12(4)10-11(2)3/h11-14H,5-10H2,1-4H3. The number of unbranched alkanes of at least 4 members (excludes halogenated alkanes) is 1. The quantitative estimate of drug-likeness (QED) is 0.591. The largest absolute Gasteiger partial charge is 0.317 e. The van der Waals surface area contributed by atoms with E-state index in [4.69, 9.17) is 0 Å². The molecule has 1 atom stereocenters. The Morgan fingerprint density at radius 1 is 1.12 bits per heavy atom. The van der Waals surface area contributed by atoms with Crippen molar-refractivity contribution in [3.05, 3.63) is 0 Å². The van der Waals surface area contributed by atoms with E-state index in [-0.39, 0.29) is 11.8 Å². The lowest BCUT2D eigenvalue weighted by Gasteiger charge is -2.16. The molecule has 0 aromatic carbocycles. The summed E-state index contributed by atoms with van der Waals surface area (Å²) >= 11 is 0. The maximum atomic E-state index is 11.7. The van der Waals surface area contributed by atoms with Gasteiger partial charge in [-0.1, -0.05) is 20.8 Å². The van der Waals surface area contributed by atoms with E-state index in [9.17, 15) is 8.42 Å². The van der Waals surface area contributed by atoms with Crippen LogP contribution in [0.2, 0.25) is 0 Å². The van der Waals surface area contributed by atoms with Gasteiger partial charge in [0.25, 0.3) is 0 Å². The van der Waals surface area contributed by atoms with Gasteiger partial charge in [-0.05, 0) is 45.2 Å². The van der Waals surface area contributed by atoms with Crippen molar-refractivity contribution in [2.45, 2.75) is 53.0 Å². The van der Waals surface area contributed by atoms with E-state index in [1.54, 1.807) is 0 Å². The number of nitrogens with one attached hydrogen (secondary N) is 2. The molecule has 5 heteroatoms. The van der Waals surface area contributed by atoms with Gasteiger partial charge in [0.1, 0.15) is 0 Å². The molecular weight excluding hydrogens is 236 g/mol. The monoisotopic (exact) mass is 264 g/mol. The number of sulfonamides is 1. The molecule has 0 aliphatic rings. The molecule has 0 radical (unpaired) electrons. The molecule has 0 aliphatic heterocycles. The minimum absolute atomic E-state index is 0.0359. The van der Waals surface area contributed by atoms with Crippen molar-refractivity contribution in [2.24, 2.45) is 5.92 Å². The first-order chi connectivity index (χ1) is 7.87. The van der Waals surface area contributed by atoms with E-state index in [2.05, 4.69) is 23.9 Å². The SMILES string of the molecule is CCNCCCCS(=O)(=O)NC(C)CC(C)C. The molecule has 0 saturated heterocycles. The number of hydrogen-bond acceptors (Lipinski definition) is 3. The minimum Gasteiger partial charge on any atom is -0.317 e. The van der Waals surface area contributed by atoms with E-state index in [1.165, 1.54) is 0 Å². The third-order valence-electron chi connectivity index (χ3n) is 2.47. The summed E-state index contributed by atoms with van der Waals surface area (Å²) in [6.45, 7) is 10.0. The van der Waals surface area contributed by atoms with Crippen molar-refractivity contribution >= 4 is 10.0 Å². The van der Waals surface area contributed by atoms with E-state index >= 15 is 0 Å². The van der Waals surface area contributed by atoms with E-state index in [1.807, 2.05) is 13.8 Å². The molecule has 2 N–H and O–H groups in total. The van der Waals surface area contributed by atoms with Gasteiger partial charge in [-0.2, -0.15) is 0 Å². The lowest BCUT2D eigenvalue weighted by molar-refractivity contribution is 0.481. The van der Waals surface area contributed by atoms with Crippen LogP contribution in [0.5, 0.6) is 0 Å². The highest BCUT2D eigenvalue weighted by Gasteiger charge is 2.14. The second-order valence-electron chi connectivity index (χ2n) is 5.03. The summed E-state index contributed by atoms with van der Waals surface area (Å²) in [7, 11) is -3.09. The Morgan fingerprint density at radius 2 is 1.76 bits per heavy atom. The fourth-order valence-corrected chi connectivity index (χ4v) is 3.25. The smallest absolute Gasteiger partial charge is 0.211 e. The molecular formula is C12H28N2O2S. The third kappa shape index (κ3) is 10.7. The van der Waals surface area contributed by atoms with Gasteiger partial charge in [0.2, 0.25) is 10.0 Å². The molecule has 0 amide bonds. The molecule has 104 valence electrons. The molecule has 0 bridgehead atoms. The van der Waals surface area contributed by atoms with Crippen LogP contribution >= 0.6 is 0 Å². The molecule has 0 aromatic rings. The molecule has 4 nitrogen and oxygen atoms in total. The van der Waals surface area contributed by atoms with Crippen LogP contribution in [0.3, 0.4) is 0 Å². The Hall–Kier alpha value is -0.130. The zero-order valence-corrected chi connectivity index (χ0v) is 12.4. The first-order valence-electron chi connectivity index (χ1n) is 6.58. The first kappa shape index (κ1) is 16.9. The summed E-state index contributed by atoms with van der Waals surface area (Å²) in [5, 5.41) is 3.19. The van der Waals surface area contributed by atoms with Crippen LogP contribution in [-0.4, -0.2) is 33.3 Å². The van der Waals surface area contributed by atoms with Crippen LogP contribution in [0, 0.1) is 5.92 Å². The second kappa shape index (κ2) is 8.89. The van der Waals surface area contributed by atoms with Crippen LogP contribution in [0.1, 0.15) is 47.0 Å². The molecule has 0 heterocycles. The van der Waals surface area contributed by atoms with Gasteiger partial charge >= 0.3 is 0 Å². The van der Waals surface area contributed by atoms with Crippen LogP contribution < -0.4 is 10.0 Å². The highest BCUT2D eigenvalue weighted by Crippen LogP contribution is 2.05. The van der Waals surface area contributed by atoms with Crippen molar-refractivity contribution in [1.82, 2.24) is 10.0 Å². The predicted molar refractivity (Wildman–Crippen MR) is 73.6 cm³/mol. The number of hydrogen-bond donors (Lipinski definition) is 2. The Morgan fingerprint density at radius 3 is 2.29 bits per heavy atom. The Balaban J connectivity index is 3.79. The van der Waals surface area contributed by atoms with Crippen molar-refractivity contribution in [3.8, 4) is 0 Å². The van der Waals surface area contributed by atoms with Gasteiger partial charge in [-0.3, -0.25) is 0 Å². The molecule has 0 rings (SSSR count). The highest BCUT2D eigenvalue weighted by atomic mass is 32.2. The maximum absolute atomic E-state index is 11.7. The molecule has 0 aromatic heterocycles. The predicted octanol–water partition coefficient (Wildman–Crippen LogP) is 1.73. The molecule has 1 unspecified atom stereocenters. The summed E-state index contributed by atoms with van der Waals surface area (Å²) in [4.78, 5) is 0. The summed E-state index contributed by atoms with van der Waals surface area (Å²) in [5.74, 6) is 0.752. The lowest BCUT2D eigenvalue weighted by atomic mass is 10.1. The third-order valence-corrected chi connectivity index (χ3v) is 4.06. The van der Waals surface area contributed by atoms with Crippen LogP contribution in [-0.2, 0) is 10.0 Å². The zero-order valence-electron chi connectivity index (χ0n) is 11.6. The molecule has 0 spiro atoms. The summed E-state index contributed by atoms with van der Waals surface area (Å²) in [6.07, 6.45) is 2.51. The fourth-order valence-electron chi connectivity index (χ4n) is 1.84. The topological polar surface area (TPSA) is 58.2 Å². The summed E-state index contributed by atoms with van der Waals surface area (Å²) < 4.78 is 26.2. The summed E-state index contributed by atoms with van der Waals surface area (Å²) in [6, 6.07) is 0.0359. The molecule has 0 saturated carbocycles. The van der Waals surface area contributed by atoms with Crippen LogP contribution in [0.25, 0.3) is 0 Å². The second-order valence-corrected chi connectivity index (χ2v) is 6.90. The van der Waals surface area contributed by atoms with Crippen molar-refractivity contribution in [1.29, 1.82) is 0 Å². The van der Waals surface area contributed by atoms with E-state index in [0.29, 0.717) is 5.92 Å². The molecule has 17 heavy (non-hydrogen) atoms. The fraction of sp³-hybridized carbons (Fsp3) is 1.00. The Kier molecular flexibility index (Phi) is 8.82. The van der Waals surface area contributed by atoms with E-state index in [0.717, 1.165) is 32.4 Å². The van der Waals surface area contributed by atoms with Gasteiger partial charge in [0, 0.05) is 6.04 Å². The van der Waals surface area contributed by atoms with Gasteiger partial charge in [0.05, 0.1) is 5.75 Å². The lowest BCUT2D eigenvalue weighted by Crippen LogP contribution is -2.35. The number of rotatable bonds is 10. The first-order valence-corrected chi connectivity index (χ1v) is 8.23. The van der Waals surface area contributed by atoms with Crippen molar-refractivity contribution in [3.63, 3.8) is 0 Å². The molecule has 0 fully saturated rings.